The van der Waals surface area contributed by atoms with Crippen molar-refractivity contribution in [2.45, 2.75) is 31.6 Å². The summed E-state index contributed by atoms with van der Waals surface area (Å²) in [5.41, 5.74) is 1.94. The Labute approximate surface area is 150 Å². The molecular formula is C17H20N6OS. The van der Waals surface area contributed by atoms with Crippen LogP contribution in [0.25, 0.3) is 5.69 Å². The first-order valence-electron chi connectivity index (χ1n) is 8.01. The number of hydrogen-bond acceptors (Lipinski definition) is 5. The Bertz CT molecular complexity index is 827. The molecule has 0 aliphatic heterocycles. The maximum absolute atomic E-state index is 12.1. The molecule has 0 saturated carbocycles. The maximum atomic E-state index is 12.1. The first-order valence-corrected chi connectivity index (χ1v) is 9.00. The second kappa shape index (κ2) is 7.98. The van der Waals surface area contributed by atoms with E-state index in [1.165, 1.54) is 11.8 Å². The van der Waals surface area contributed by atoms with Crippen molar-refractivity contribution in [1.82, 2.24) is 29.9 Å². The highest BCUT2D eigenvalue weighted by molar-refractivity contribution is 7.99. The van der Waals surface area contributed by atoms with Gasteiger partial charge in [0, 0.05) is 24.3 Å². The minimum atomic E-state index is -0.0456. The van der Waals surface area contributed by atoms with Crippen LogP contribution in [0, 0.1) is 0 Å². The Kier molecular flexibility index (Phi) is 5.49. The summed E-state index contributed by atoms with van der Waals surface area (Å²) in [5.74, 6) is 0.258. The molecule has 0 saturated heterocycles. The number of rotatable bonds is 7. The molecule has 3 rings (SSSR count). The van der Waals surface area contributed by atoms with Crippen molar-refractivity contribution in [3.63, 3.8) is 0 Å². The summed E-state index contributed by atoms with van der Waals surface area (Å²) in [6.45, 7) is 4.55. The summed E-state index contributed by atoms with van der Waals surface area (Å²) in [6, 6.07) is 10.1. The predicted molar refractivity (Wildman–Crippen MR) is 96.5 cm³/mol. The summed E-state index contributed by atoms with van der Waals surface area (Å²) in [7, 11) is 0. The number of carbonyl (C=O) groups excluding carboxylic acids is 1. The molecule has 3 aromatic rings. The zero-order chi connectivity index (χ0) is 17.6. The molecule has 25 heavy (non-hydrogen) atoms. The molecule has 0 spiro atoms. The van der Waals surface area contributed by atoms with Gasteiger partial charge in [-0.25, -0.2) is 4.68 Å². The van der Waals surface area contributed by atoms with Gasteiger partial charge in [0.25, 0.3) is 0 Å². The SMILES string of the molecule is CC(C)n1cnnc1SCC(=O)NCc1cnn(-c2ccccc2)c1. The molecule has 0 unspecified atom stereocenters. The smallest absolute Gasteiger partial charge is 0.230 e. The van der Waals surface area contributed by atoms with E-state index in [-0.39, 0.29) is 11.9 Å². The van der Waals surface area contributed by atoms with Gasteiger partial charge in [0.15, 0.2) is 5.16 Å². The van der Waals surface area contributed by atoms with Gasteiger partial charge < -0.3 is 9.88 Å². The Hall–Kier alpha value is -2.61. The van der Waals surface area contributed by atoms with Gasteiger partial charge in [-0.05, 0) is 26.0 Å². The quantitative estimate of drug-likeness (QED) is 0.658. The Morgan fingerprint density at radius 3 is 2.84 bits per heavy atom. The molecule has 7 nitrogen and oxygen atoms in total. The third-order valence-electron chi connectivity index (χ3n) is 3.58. The number of amides is 1. The van der Waals surface area contributed by atoms with Gasteiger partial charge in [-0.3, -0.25) is 4.79 Å². The average Bonchev–Trinajstić information content (AvgIpc) is 3.28. The van der Waals surface area contributed by atoms with E-state index in [0.29, 0.717) is 12.3 Å². The van der Waals surface area contributed by atoms with Crippen LogP contribution in [0.2, 0.25) is 0 Å². The van der Waals surface area contributed by atoms with Gasteiger partial charge in [0.1, 0.15) is 6.33 Å². The van der Waals surface area contributed by atoms with Crippen LogP contribution in [-0.2, 0) is 11.3 Å². The molecule has 130 valence electrons. The van der Waals surface area contributed by atoms with Crippen molar-refractivity contribution >= 4 is 17.7 Å². The van der Waals surface area contributed by atoms with Crippen LogP contribution in [0.15, 0.2) is 54.2 Å². The van der Waals surface area contributed by atoms with E-state index in [4.69, 9.17) is 0 Å². The molecule has 0 aliphatic carbocycles. The van der Waals surface area contributed by atoms with Crippen molar-refractivity contribution in [1.29, 1.82) is 0 Å². The first kappa shape index (κ1) is 17.2. The summed E-state index contributed by atoms with van der Waals surface area (Å²) in [5, 5.41) is 15.9. The standard InChI is InChI=1S/C17H20N6OS/c1-13(2)22-12-19-21-17(22)25-11-16(24)18-8-14-9-20-23(10-14)15-6-4-3-5-7-15/h3-7,9-10,12-13H,8,11H2,1-2H3,(H,18,24). The van der Waals surface area contributed by atoms with E-state index >= 15 is 0 Å². The predicted octanol–water partition coefficient (Wildman–Crippen LogP) is 2.45. The van der Waals surface area contributed by atoms with Crippen molar-refractivity contribution in [2.75, 3.05) is 5.75 Å². The fourth-order valence-corrected chi connectivity index (χ4v) is 3.12. The summed E-state index contributed by atoms with van der Waals surface area (Å²) in [6.07, 6.45) is 5.36. The maximum Gasteiger partial charge on any atom is 0.230 e. The fourth-order valence-electron chi connectivity index (χ4n) is 2.24. The minimum Gasteiger partial charge on any atom is -0.351 e. The van der Waals surface area contributed by atoms with Gasteiger partial charge in [0.2, 0.25) is 5.91 Å². The molecule has 2 heterocycles. The molecule has 1 aromatic carbocycles. The molecule has 1 amide bonds. The minimum absolute atomic E-state index is 0.0456. The highest BCUT2D eigenvalue weighted by Gasteiger charge is 2.11. The number of nitrogens with one attached hydrogen (secondary N) is 1. The van der Waals surface area contributed by atoms with Crippen molar-refractivity contribution in [3.05, 3.63) is 54.6 Å². The van der Waals surface area contributed by atoms with E-state index in [2.05, 4.69) is 34.5 Å². The molecule has 0 bridgehead atoms. The topological polar surface area (TPSA) is 77.6 Å². The van der Waals surface area contributed by atoms with Crippen LogP contribution in [0.5, 0.6) is 0 Å². The highest BCUT2D eigenvalue weighted by Crippen LogP contribution is 2.18. The zero-order valence-corrected chi connectivity index (χ0v) is 15.0. The van der Waals surface area contributed by atoms with Gasteiger partial charge in [-0.1, -0.05) is 30.0 Å². The van der Waals surface area contributed by atoms with Crippen LogP contribution >= 0.6 is 11.8 Å². The Balaban J connectivity index is 1.49. The van der Waals surface area contributed by atoms with E-state index in [1.54, 1.807) is 17.2 Å². The van der Waals surface area contributed by atoms with E-state index in [0.717, 1.165) is 16.4 Å². The zero-order valence-electron chi connectivity index (χ0n) is 14.2. The van der Waals surface area contributed by atoms with Gasteiger partial charge in [-0.2, -0.15) is 5.10 Å². The van der Waals surface area contributed by atoms with Crippen LogP contribution in [0.1, 0.15) is 25.5 Å². The lowest BCUT2D eigenvalue weighted by Gasteiger charge is -2.09. The number of hydrogen-bond donors (Lipinski definition) is 1. The third-order valence-corrected chi connectivity index (χ3v) is 4.53. The second-order valence-electron chi connectivity index (χ2n) is 5.81. The van der Waals surface area contributed by atoms with E-state index in [9.17, 15) is 4.79 Å². The summed E-state index contributed by atoms with van der Waals surface area (Å²) < 4.78 is 3.74. The summed E-state index contributed by atoms with van der Waals surface area (Å²) >= 11 is 1.38. The highest BCUT2D eigenvalue weighted by atomic mass is 32.2. The molecule has 0 fully saturated rings. The molecule has 0 radical (unpaired) electrons. The number of benzene rings is 1. The third kappa shape index (κ3) is 4.48. The van der Waals surface area contributed by atoms with Crippen LogP contribution in [0.4, 0.5) is 0 Å². The summed E-state index contributed by atoms with van der Waals surface area (Å²) in [4.78, 5) is 12.1. The van der Waals surface area contributed by atoms with Crippen LogP contribution in [0.3, 0.4) is 0 Å². The van der Waals surface area contributed by atoms with E-state index < -0.39 is 0 Å². The number of carbonyl (C=O) groups is 1. The lowest BCUT2D eigenvalue weighted by molar-refractivity contribution is -0.118. The average molecular weight is 356 g/mol. The Morgan fingerprint density at radius 1 is 1.28 bits per heavy atom. The number of para-hydroxylation sites is 1. The monoisotopic (exact) mass is 356 g/mol. The lowest BCUT2D eigenvalue weighted by atomic mass is 10.3. The largest absolute Gasteiger partial charge is 0.351 e. The first-order chi connectivity index (χ1) is 12.1. The van der Waals surface area contributed by atoms with Gasteiger partial charge >= 0.3 is 0 Å². The molecule has 0 atom stereocenters. The van der Waals surface area contributed by atoms with Crippen molar-refractivity contribution in [3.8, 4) is 5.69 Å². The number of thioether (sulfide) groups is 1. The molecule has 8 heteroatoms. The van der Waals surface area contributed by atoms with Crippen LogP contribution < -0.4 is 5.32 Å². The van der Waals surface area contributed by atoms with Crippen molar-refractivity contribution < 1.29 is 4.79 Å². The van der Waals surface area contributed by atoms with Gasteiger partial charge in [0.05, 0.1) is 17.6 Å². The molecule has 1 N–H and O–H groups in total. The number of aromatic nitrogens is 5. The van der Waals surface area contributed by atoms with Gasteiger partial charge in [-0.15, -0.1) is 10.2 Å². The molecular weight excluding hydrogens is 336 g/mol. The second-order valence-corrected chi connectivity index (χ2v) is 6.75. The fraction of sp³-hybridized carbons (Fsp3) is 0.294. The van der Waals surface area contributed by atoms with Crippen molar-refractivity contribution in [2.24, 2.45) is 0 Å². The molecule has 0 aliphatic rings. The lowest BCUT2D eigenvalue weighted by Crippen LogP contribution is -2.24. The number of nitrogens with zero attached hydrogens (tertiary/aromatic N) is 5. The van der Waals surface area contributed by atoms with E-state index in [1.807, 2.05) is 41.1 Å². The normalized spacial score (nSPS) is 11.0. The Morgan fingerprint density at radius 2 is 2.08 bits per heavy atom. The van der Waals surface area contributed by atoms with Crippen LogP contribution in [-0.4, -0.2) is 36.2 Å². The molecule has 2 aromatic heterocycles.